The molecular formula is C52H53ClN10O7S2. The molecule has 0 spiro atoms. The van der Waals surface area contributed by atoms with Gasteiger partial charge in [0.2, 0.25) is 23.6 Å². The molecule has 2 aromatic carbocycles. The zero-order valence-corrected chi connectivity index (χ0v) is 42.8. The van der Waals surface area contributed by atoms with Crippen molar-refractivity contribution in [2.24, 2.45) is 10.9 Å². The van der Waals surface area contributed by atoms with Gasteiger partial charge in [-0.05, 0) is 73.7 Å². The Morgan fingerprint density at radius 3 is 2.42 bits per heavy atom. The molecule has 372 valence electrons. The largest absolute Gasteiger partial charge is 0.474 e. The van der Waals surface area contributed by atoms with Crippen LogP contribution >= 0.6 is 34.3 Å². The van der Waals surface area contributed by atoms with E-state index in [4.69, 9.17) is 30.6 Å². The number of nitrogens with one attached hydrogen (secondary N) is 2. The number of aryl methyl sites for hydroxylation is 3. The highest BCUT2D eigenvalue weighted by molar-refractivity contribution is 7.15. The Hall–Kier alpha value is -6.80. The van der Waals surface area contributed by atoms with Gasteiger partial charge in [-0.15, -0.1) is 32.9 Å². The normalized spacial score (nSPS) is 19.7. The zero-order valence-electron chi connectivity index (χ0n) is 40.5. The summed E-state index contributed by atoms with van der Waals surface area (Å²) in [5.41, 5.74) is 8.57. The zero-order chi connectivity index (χ0) is 50.4. The Morgan fingerprint density at radius 1 is 0.944 bits per heavy atom. The molecule has 4 atom stereocenters. The molecule has 7 heterocycles. The van der Waals surface area contributed by atoms with Gasteiger partial charge in [-0.1, -0.05) is 61.8 Å². The van der Waals surface area contributed by atoms with Crippen molar-refractivity contribution in [3.05, 3.63) is 134 Å². The van der Waals surface area contributed by atoms with Crippen LogP contribution in [-0.4, -0.2) is 94.2 Å². The van der Waals surface area contributed by atoms with Gasteiger partial charge in [0.05, 0.1) is 40.5 Å². The number of hydrogen-bond donors (Lipinski definition) is 3. The number of fused-ring (bicyclic) bond motifs is 3. The number of ether oxygens (including phenoxy) is 2. The van der Waals surface area contributed by atoms with Gasteiger partial charge < -0.3 is 34.6 Å². The lowest BCUT2D eigenvalue weighted by atomic mass is 9.89. The molecule has 1 saturated carbocycles. The molecule has 3 aliphatic rings. The number of amides is 3. The molecule has 5 aromatic heterocycles. The Labute approximate surface area is 428 Å². The average Bonchev–Trinajstić information content (AvgIpc) is 4.19. The van der Waals surface area contributed by atoms with E-state index >= 15 is 0 Å². The highest BCUT2D eigenvalue weighted by Crippen LogP contribution is 2.40. The van der Waals surface area contributed by atoms with Gasteiger partial charge in [0.1, 0.15) is 40.7 Å². The minimum Gasteiger partial charge on any atom is -0.474 e. The number of nitrogens with zero attached hydrogens (tertiary/aromatic N) is 8. The number of aliphatic hydroxyl groups excluding tert-OH is 1. The molecule has 1 aliphatic carbocycles. The number of halogens is 1. The van der Waals surface area contributed by atoms with Crippen LogP contribution in [0.4, 0.5) is 0 Å². The van der Waals surface area contributed by atoms with Crippen molar-refractivity contribution in [1.29, 1.82) is 0 Å². The Bertz CT molecular complexity index is 3160. The second kappa shape index (κ2) is 20.4. The maximum Gasteiger partial charge on any atom is 0.259 e. The molecule has 3 amide bonds. The molecule has 0 bridgehead atoms. The lowest BCUT2D eigenvalue weighted by molar-refractivity contribution is -0.141. The van der Waals surface area contributed by atoms with Crippen molar-refractivity contribution < 1.29 is 33.5 Å². The first kappa shape index (κ1) is 48.8. The van der Waals surface area contributed by atoms with Crippen molar-refractivity contribution in [2.75, 3.05) is 6.54 Å². The van der Waals surface area contributed by atoms with Crippen LogP contribution in [0.2, 0.25) is 5.02 Å². The number of β-amino-alcohol motifs (C(OH)–C–C–N with tert-alkyl or cyclic N) is 1. The Kier molecular flexibility index (Phi) is 13.8. The number of aliphatic hydroxyl groups is 1. The topological polar surface area (TPSA) is 212 Å². The maximum absolute atomic E-state index is 14.2. The van der Waals surface area contributed by atoms with Crippen molar-refractivity contribution in [1.82, 2.24) is 45.4 Å². The molecule has 1 saturated heterocycles. The third-order valence-corrected chi connectivity index (χ3v) is 15.9. The van der Waals surface area contributed by atoms with E-state index < -0.39 is 24.1 Å². The first-order valence-electron chi connectivity index (χ1n) is 23.9. The van der Waals surface area contributed by atoms with E-state index in [1.807, 2.05) is 86.3 Å². The molecule has 3 N–H and O–H groups in total. The standard InChI is InChI=1S/C52H53ClN10O7S2/c1-26(2)45(51(67)62-24-36(64)19-40(62)50(66)55-22-31-7-9-33(10-8-31)48-28(4)56-25-71-48)41-21-44(61-70-41)68-37-15-16-43(54-23-37)69-38-17-35(18-38)57-42(65)20-39-49-60-59-30(6)63(49)52-46(27(3)29(5)72-52)47(58-39)32-11-13-34(53)14-12-32/h7-16,21,23,25-26,35-36,38-40,45,64H,17-20,22,24H2,1-6H3,(H,55,66)(H,57,65)/t35-,36-,38+,39+,40+,45?/m1/s1. The van der Waals surface area contributed by atoms with Crippen LogP contribution in [0.5, 0.6) is 17.5 Å². The summed E-state index contributed by atoms with van der Waals surface area (Å²) in [7, 11) is 0. The lowest BCUT2D eigenvalue weighted by Gasteiger charge is -2.35. The van der Waals surface area contributed by atoms with Crippen LogP contribution in [0.15, 0.2) is 88.0 Å². The maximum atomic E-state index is 14.2. The van der Waals surface area contributed by atoms with E-state index in [1.54, 1.807) is 40.9 Å². The summed E-state index contributed by atoms with van der Waals surface area (Å²) in [6.45, 7) is 12.1. The highest BCUT2D eigenvalue weighted by atomic mass is 35.5. The highest BCUT2D eigenvalue weighted by Gasteiger charge is 2.43. The van der Waals surface area contributed by atoms with Crippen LogP contribution in [-0.2, 0) is 20.9 Å². The molecule has 0 radical (unpaired) electrons. The molecule has 7 aromatic rings. The lowest BCUT2D eigenvalue weighted by Crippen LogP contribution is -2.49. The number of aromatic nitrogens is 6. The SMILES string of the molecule is Cc1ncsc1-c1ccc(CNC(=O)[C@@H]2C[C@@H](O)CN2C(=O)C(c2cc(Oc3ccc(O[C@H]4C[C@@H](NC(=O)C[C@@H]5N=C(c6ccc(Cl)cc6)c6c(sc(C)c6C)-n6c(C)nnc65)C4)nc3)no2)C(C)C)cc1. The average molecular weight is 1030 g/mol. The van der Waals surface area contributed by atoms with Gasteiger partial charge in [0.25, 0.3) is 5.88 Å². The number of hydrogen-bond acceptors (Lipinski definition) is 15. The second-order valence-corrected chi connectivity index (χ2v) is 21.4. The van der Waals surface area contributed by atoms with Crippen LogP contribution < -0.4 is 20.1 Å². The van der Waals surface area contributed by atoms with E-state index in [-0.39, 0.29) is 73.4 Å². The predicted molar refractivity (Wildman–Crippen MR) is 272 cm³/mol. The van der Waals surface area contributed by atoms with Crippen LogP contribution in [0.3, 0.4) is 0 Å². The fourth-order valence-electron chi connectivity index (χ4n) is 9.51. The number of benzene rings is 2. The van der Waals surface area contributed by atoms with E-state index in [9.17, 15) is 19.5 Å². The van der Waals surface area contributed by atoms with Gasteiger partial charge in [0, 0.05) is 71.6 Å². The van der Waals surface area contributed by atoms with Crippen LogP contribution in [0, 0.1) is 33.6 Å². The van der Waals surface area contributed by atoms with Crippen molar-refractivity contribution in [3.63, 3.8) is 0 Å². The van der Waals surface area contributed by atoms with E-state index in [2.05, 4.69) is 49.8 Å². The van der Waals surface area contributed by atoms with Crippen molar-refractivity contribution in [2.45, 2.75) is 110 Å². The summed E-state index contributed by atoms with van der Waals surface area (Å²) >= 11 is 9.51. The van der Waals surface area contributed by atoms with E-state index in [1.165, 1.54) is 16.0 Å². The molecule has 2 fully saturated rings. The molecule has 17 nitrogen and oxygen atoms in total. The van der Waals surface area contributed by atoms with Crippen molar-refractivity contribution >= 4 is 57.7 Å². The summed E-state index contributed by atoms with van der Waals surface area (Å²) in [6.07, 6.45) is 1.90. The number of carbonyl (C=O) groups excluding carboxylic acids is 3. The second-order valence-electron chi connectivity index (χ2n) is 18.9. The number of rotatable bonds is 15. The summed E-state index contributed by atoms with van der Waals surface area (Å²) in [4.78, 5) is 59.1. The van der Waals surface area contributed by atoms with Crippen LogP contribution in [0.25, 0.3) is 15.4 Å². The number of thiazole rings is 1. The summed E-state index contributed by atoms with van der Waals surface area (Å²) in [5, 5.41) is 31.4. The van der Waals surface area contributed by atoms with Crippen molar-refractivity contribution in [3.8, 4) is 33.0 Å². The first-order valence-corrected chi connectivity index (χ1v) is 25.9. The monoisotopic (exact) mass is 1030 g/mol. The predicted octanol–water partition coefficient (Wildman–Crippen LogP) is 8.54. The smallest absolute Gasteiger partial charge is 0.259 e. The summed E-state index contributed by atoms with van der Waals surface area (Å²) < 4.78 is 19.8. The van der Waals surface area contributed by atoms with Crippen LogP contribution in [0.1, 0.15) is 102 Å². The van der Waals surface area contributed by atoms with Gasteiger partial charge in [-0.3, -0.25) is 23.9 Å². The molecule has 20 heteroatoms. The third-order valence-electron chi connectivity index (χ3n) is 13.5. The fraction of sp³-hybridized carbons (Fsp3) is 0.365. The molecule has 2 aliphatic heterocycles. The number of thiophene rings is 1. The summed E-state index contributed by atoms with van der Waals surface area (Å²) in [5.74, 6) is 0.622. The Morgan fingerprint density at radius 2 is 1.71 bits per heavy atom. The van der Waals surface area contributed by atoms with Gasteiger partial charge >= 0.3 is 0 Å². The van der Waals surface area contributed by atoms with Gasteiger partial charge in [-0.2, -0.15) is 0 Å². The molecule has 1 unspecified atom stereocenters. The minimum atomic E-state index is -0.857. The fourth-order valence-corrected chi connectivity index (χ4v) is 11.7. The molecule has 72 heavy (non-hydrogen) atoms. The number of carbonyl (C=O) groups is 3. The quantitative estimate of drug-likeness (QED) is 0.0882. The van der Waals surface area contributed by atoms with E-state index in [0.29, 0.717) is 35.3 Å². The number of aliphatic imine (C=N–C) groups is 1. The number of pyridine rings is 1. The Balaban J connectivity index is 0.719. The first-order chi connectivity index (χ1) is 34.7. The van der Waals surface area contributed by atoms with Gasteiger partial charge in [0.15, 0.2) is 11.6 Å². The molecular weight excluding hydrogens is 976 g/mol. The summed E-state index contributed by atoms with van der Waals surface area (Å²) in [6, 6.07) is 18.9. The molecule has 10 rings (SSSR count). The minimum absolute atomic E-state index is 0.0158. The van der Waals surface area contributed by atoms with Gasteiger partial charge in [-0.25, -0.2) is 9.97 Å². The van der Waals surface area contributed by atoms with E-state index in [0.717, 1.165) is 54.9 Å². The third kappa shape index (κ3) is 10.0. The number of likely N-dealkylation sites (tertiary alicyclic amines) is 1.